The molecule has 0 N–H and O–H groups in total. The molecular formula is C24H17ClN2O6S. The Kier molecular flexibility index (Phi) is 5.38. The number of carbonyl (C=O) groups excluding carboxylic acids is 3. The van der Waals surface area contributed by atoms with E-state index in [1.165, 1.54) is 28.6 Å². The molecular weight excluding hydrogens is 480 g/mol. The number of ether oxygens (including phenoxy) is 1. The molecule has 0 aliphatic carbocycles. The highest BCUT2D eigenvalue weighted by Gasteiger charge is 2.36. The largest absolute Gasteiger partial charge is 0.440 e. The van der Waals surface area contributed by atoms with Crippen LogP contribution in [0.5, 0.6) is 0 Å². The third kappa shape index (κ3) is 3.53. The number of rotatable bonds is 5. The summed E-state index contributed by atoms with van der Waals surface area (Å²) in [5.74, 6) is -2.03. The molecule has 2 aliphatic rings. The van der Waals surface area contributed by atoms with Gasteiger partial charge >= 0.3 is 5.97 Å². The van der Waals surface area contributed by atoms with Crippen molar-refractivity contribution in [3.63, 3.8) is 0 Å². The van der Waals surface area contributed by atoms with Crippen LogP contribution in [0.15, 0.2) is 71.6 Å². The van der Waals surface area contributed by atoms with E-state index in [-0.39, 0.29) is 33.2 Å². The summed E-state index contributed by atoms with van der Waals surface area (Å²) in [6.45, 7) is -0.345. The Morgan fingerprint density at radius 2 is 1.59 bits per heavy atom. The van der Waals surface area contributed by atoms with Gasteiger partial charge in [0.05, 0.1) is 27.4 Å². The molecule has 172 valence electrons. The number of esters is 1. The van der Waals surface area contributed by atoms with Crippen molar-refractivity contribution in [3.05, 3.63) is 94.0 Å². The highest BCUT2D eigenvalue weighted by molar-refractivity contribution is 7.93. The number of anilines is 1. The van der Waals surface area contributed by atoms with Crippen LogP contribution in [-0.2, 0) is 21.2 Å². The van der Waals surface area contributed by atoms with Crippen molar-refractivity contribution < 1.29 is 27.5 Å². The number of fused-ring (bicyclic) bond motifs is 2. The Morgan fingerprint density at radius 1 is 0.941 bits per heavy atom. The average Bonchev–Trinajstić information content (AvgIpc) is 3.38. The van der Waals surface area contributed by atoms with Gasteiger partial charge in [-0.15, -0.1) is 0 Å². The Bertz CT molecular complexity index is 1430. The van der Waals surface area contributed by atoms with Crippen molar-refractivity contribution in [1.82, 2.24) is 4.90 Å². The van der Waals surface area contributed by atoms with Gasteiger partial charge in [-0.1, -0.05) is 41.9 Å². The number of para-hydroxylation sites is 1. The Hall–Kier alpha value is -3.69. The average molecular weight is 497 g/mol. The molecule has 34 heavy (non-hydrogen) atoms. The summed E-state index contributed by atoms with van der Waals surface area (Å²) < 4.78 is 33.2. The van der Waals surface area contributed by atoms with Crippen LogP contribution < -0.4 is 4.31 Å². The number of amides is 2. The molecule has 5 rings (SSSR count). The lowest BCUT2D eigenvalue weighted by molar-refractivity contribution is 0.0228. The number of hydrogen-bond acceptors (Lipinski definition) is 6. The van der Waals surface area contributed by atoms with E-state index < -0.39 is 34.5 Å². The van der Waals surface area contributed by atoms with Crippen molar-refractivity contribution in [2.45, 2.75) is 11.3 Å². The zero-order chi connectivity index (χ0) is 24.0. The van der Waals surface area contributed by atoms with E-state index in [1.54, 1.807) is 24.3 Å². The van der Waals surface area contributed by atoms with Crippen molar-refractivity contribution in [3.8, 4) is 0 Å². The highest BCUT2D eigenvalue weighted by atomic mass is 35.5. The predicted molar refractivity (Wildman–Crippen MR) is 123 cm³/mol. The lowest BCUT2D eigenvalue weighted by atomic mass is 10.1. The van der Waals surface area contributed by atoms with E-state index in [1.807, 2.05) is 12.1 Å². The molecule has 0 spiro atoms. The van der Waals surface area contributed by atoms with Crippen LogP contribution in [0.1, 0.15) is 36.6 Å². The Labute approximate surface area is 200 Å². The van der Waals surface area contributed by atoms with Crippen LogP contribution in [0.4, 0.5) is 5.69 Å². The molecule has 2 amide bonds. The predicted octanol–water partition coefficient (Wildman–Crippen LogP) is 3.50. The molecule has 2 aliphatic heterocycles. The number of imide groups is 1. The number of nitrogens with zero attached hydrogens (tertiary/aromatic N) is 2. The fourth-order valence-corrected chi connectivity index (χ4v) is 6.07. The number of sulfonamides is 1. The van der Waals surface area contributed by atoms with Crippen LogP contribution in [-0.4, -0.2) is 44.4 Å². The monoisotopic (exact) mass is 496 g/mol. The van der Waals surface area contributed by atoms with Crippen molar-refractivity contribution in [1.29, 1.82) is 0 Å². The van der Waals surface area contributed by atoms with Gasteiger partial charge in [0.2, 0.25) is 0 Å². The normalized spacial score (nSPS) is 14.9. The van der Waals surface area contributed by atoms with Gasteiger partial charge in [-0.3, -0.25) is 13.9 Å². The van der Waals surface area contributed by atoms with Gasteiger partial charge < -0.3 is 4.74 Å². The van der Waals surface area contributed by atoms with Crippen molar-refractivity contribution >= 4 is 45.1 Å². The summed E-state index contributed by atoms with van der Waals surface area (Å²) in [5, 5.41) is -0.0405. The van der Waals surface area contributed by atoms with Gasteiger partial charge in [-0.2, -0.15) is 0 Å². The van der Waals surface area contributed by atoms with Gasteiger partial charge in [0.15, 0.2) is 6.73 Å². The van der Waals surface area contributed by atoms with E-state index in [9.17, 15) is 22.8 Å². The second kappa shape index (κ2) is 8.27. The van der Waals surface area contributed by atoms with E-state index >= 15 is 0 Å². The molecule has 0 fully saturated rings. The standard InChI is InChI=1S/C24H17ClN2O6S/c25-19-10-9-16(13-21(19)34(31,32)27-12-11-15-5-1-4-8-20(15)27)24(30)33-14-26-22(28)17-6-2-3-7-18(17)23(26)29/h1-10,13H,11-12,14H2. The van der Waals surface area contributed by atoms with Crippen LogP contribution in [0.3, 0.4) is 0 Å². The molecule has 8 nitrogen and oxygen atoms in total. The maximum atomic E-state index is 13.4. The van der Waals surface area contributed by atoms with Gasteiger partial charge in [0.1, 0.15) is 4.90 Å². The Morgan fingerprint density at radius 3 is 2.29 bits per heavy atom. The van der Waals surface area contributed by atoms with Crippen LogP contribution in [0, 0.1) is 0 Å². The maximum Gasteiger partial charge on any atom is 0.339 e. The first kappa shape index (κ1) is 22.1. The lowest BCUT2D eigenvalue weighted by Crippen LogP contribution is -2.33. The molecule has 0 unspecified atom stereocenters. The lowest BCUT2D eigenvalue weighted by Gasteiger charge is -2.20. The molecule has 0 saturated carbocycles. The number of halogens is 1. The fourth-order valence-electron chi connectivity index (χ4n) is 4.07. The molecule has 3 aromatic rings. The van der Waals surface area contributed by atoms with Crippen LogP contribution >= 0.6 is 11.6 Å². The van der Waals surface area contributed by atoms with E-state index in [0.717, 1.165) is 16.5 Å². The SMILES string of the molecule is O=C(OCN1C(=O)c2ccccc2C1=O)c1ccc(Cl)c(S(=O)(=O)N2CCc3ccccc32)c1. The second-order valence-corrected chi connectivity index (χ2v) is 9.98. The minimum Gasteiger partial charge on any atom is -0.440 e. The topological polar surface area (TPSA) is 101 Å². The van der Waals surface area contributed by atoms with Crippen LogP contribution in [0.2, 0.25) is 5.02 Å². The van der Waals surface area contributed by atoms with E-state index in [2.05, 4.69) is 0 Å². The van der Waals surface area contributed by atoms with Gasteiger partial charge in [-0.25, -0.2) is 18.1 Å². The first-order valence-electron chi connectivity index (χ1n) is 10.3. The fraction of sp³-hybridized carbons (Fsp3) is 0.125. The molecule has 0 bridgehead atoms. The van der Waals surface area contributed by atoms with Crippen molar-refractivity contribution in [2.75, 3.05) is 17.6 Å². The zero-order valence-corrected chi connectivity index (χ0v) is 19.2. The third-order valence-electron chi connectivity index (χ3n) is 5.78. The summed E-state index contributed by atoms with van der Waals surface area (Å²) in [4.78, 5) is 38.1. The third-order valence-corrected chi connectivity index (χ3v) is 8.08. The number of carbonyl (C=O) groups is 3. The summed E-state index contributed by atoms with van der Waals surface area (Å²) in [6, 6.07) is 17.2. The number of hydrogen-bond donors (Lipinski definition) is 0. The van der Waals surface area contributed by atoms with E-state index in [0.29, 0.717) is 12.1 Å². The molecule has 0 saturated heterocycles. The van der Waals surface area contributed by atoms with Gasteiger partial charge in [0, 0.05) is 6.54 Å². The minimum absolute atomic E-state index is 0.0405. The summed E-state index contributed by atoms with van der Waals surface area (Å²) in [7, 11) is -4.05. The van der Waals surface area contributed by atoms with Crippen molar-refractivity contribution in [2.24, 2.45) is 0 Å². The minimum atomic E-state index is -4.05. The first-order valence-corrected chi connectivity index (χ1v) is 12.1. The molecule has 2 heterocycles. The molecule has 10 heteroatoms. The molecule has 0 radical (unpaired) electrons. The maximum absolute atomic E-state index is 13.4. The van der Waals surface area contributed by atoms with Gasteiger partial charge in [0.25, 0.3) is 21.8 Å². The van der Waals surface area contributed by atoms with Crippen LogP contribution in [0.25, 0.3) is 0 Å². The molecule has 0 atom stereocenters. The second-order valence-electron chi connectivity index (χ2n) is 7.75. The smallest absolute Gasteiger partial charge is 0.339 e. The van der Waals surface area contributed by atoms with E-state index in [4.69, 9.17) is 16.3 Å². The molecule has 3 aromatic carbocycles. The Balaban J connectivity index is 1.37. The summed E-state index contributed by atoms with van der Waals surface area (Å²) in [5.41, 5.74) is 1.85. The molecule has 0 aromatic heterocycles. The highest BCUT2D eigenvalue weighted by Crippen LogP contribution is 2.35. The first-order chi connectivity index (χ1) is 16.3. The zero-order valence-electron chi connectivity index (χ0n) is 17.6. The van der Waals surface area contributed by atoms with Gasteiger partial charge in [-0.05, 0) is 48.4 Å². The quantitative estimate of drug-likeness (QED) is 0.396. The summed E-state index contributed by atoms with van der Waals surface area (Å²) in [6.07, 6.45) is 0.565. The number of benzene rings is 3. The summed E-state index contributed by atoms with van der Waals surface area (Å²) >= 11 is 6.21.